The van der Waals surface area contributed by atoms with Crippen molar-refractivity contribution in [3.8, 4) is 18.2 Å². The molecule has 0 aliphatic rings. The summed E-state index contributed by atoms with van der Waals surface area (Å²) in [5.41, 5.74) is 5.75. The molecular weight excluding hydrogens is 831 g/mol. The maximum Gasteiger partial charge on any atom is 3.00 e. The van der Waals surface area contributed by atoms with E-state index in [2.05, 4.69) is 182 Å². The fourth-order valence-corrected chi connectivity index (χ4v) is 9.78. The minimum absolute atomic E-state index is 0. The molecule has 6 aromatic carbocycles. The van der Waals surface area contributed by atoms with Gasteiger partial charge in [-0.15, -0.1) is 0 Å². The number of nitriles is 3. The van der Waals surface area contributed by atoms with Crippen molar-refractivity contribution in [2.45, 2.75) is 20.8 Å². The summed E-state index contributed by atoms with van der Waals surface area (Å²) in [4.78, 5) is 7.25. The van der Waals surface area contributed by atoms with Crippen LogP contribution in [0.1, 0.15) is 20.8 Å². The van der Waals surface area contributed by atoms with Gasteiger partial charge < -0.3 is 10.5 Å². The van der Waals surface area contributed by atoms with Gasteiger partial charge in [0.2, 0.25) is 0 Å². The Bertz CT molecular complexity index is 1460. The molecule has 0 atom stereocenters. The topological polar surface area (TPSA) is 111 Å². The molecule has 0 N–H and O–H groups in total. The van der Waals surface area contributed by atoms with E-state index in [1.54, 1.807) is 18.2 Å². The van der Waals surface area contributed by atoms with E-state index >= 15 is 0 Å². The van der Waals surface area contributed by atoms with Crippen molar-refractivity contribution in [3.05, 3.63) is 192 Å². The quantitative estimate of drug-likeness (QED) is 0.157. The van der Waals surface area contributed by atoms with Gasteiger partial charge in [0.05, 0.1) is 34.1 Å². The molecule has 0 unspecified atom stereocenters. The van der Waals surface area contributed by atoms with Gasteiger partial charge in [-0.2, -0.15) is 15.8 Å². The Labute approximate surface area is 313 Å². The largest absolute Gasteiger partial charge is 3.00 e. The second-order valence-electron chi connectivity index (χ2n) is 9.62. The molecule has 0 aliphatic carbocycles. The number of hydrogen-bond acceptors (Lipinski definition) is 4. The normalized spacial score (nSPS) is 8.60. The minimum atomic E-state index is -0.877. The molecule has 0 radical (unpaired) electrons. The fourth-order valence-electron chi connectivity index (χ4n) is 4.63. The van der Waals surface area contributed by atoms with Gasteiger partial charge in [-0.25, -0.2) is 0 Å². The van der Waals surface area contributed by atoms with Gasteiger partial charge in [-0.1, -0.05) is 109 Å². The number of benzene rings is 6. The van der Waals surface area contributed by atoms with Gasteiger partial charge in [0.1, 0.15) is 31.8 Å². The van der Waals surface area contributed by atoms with Gasteiger partial charge in [-0.05, 0) is 72.8 Å². The zero-order chi connectivity index (χ0) is 36.0. The second kappa shape index (κ2) is 30.0. The average molecular weight is 872 g/mol. The molecule has 0 aliphatic heterocycles. The Balaban J connectivity index is 0.000000737. The van der Waals surface area contributed by atoms with E-state index in [1.165, 1.54) is 52.6 Å². The van der Waals surface area contributed by atoms with Crippen molar-refractivity contribution in [2.75, 3.05) is 0 Å². The number of hydrogen-bond donors (Lipinski definition) is 0. The summed E-state index contributed by atoms with van der Waals surface area (Å²) in [5, 5.41) is 30.6. The summed E-state index contributed by atoms with van der Waals surface area (Å²) in [6.45, 7) is 4.29. The van der Waals surface area contributed by atoms with Gasteiger partial charge in [0.25, 0.3) is 0 Å². The van der Waals surface area contributed by atoms with Crippen LogP contribution in [0.15, 0.2) is 182 Å². The SMILES string of the molecule is CC#N.CC#N.CC#N.[Ir+3].[N-]=O.c1ccc([PH+](c2ccccc2)c2ccccc2)cc1.c1ccc([PH+](c2ccccc2)c2ccccc2)cc1. The number of nitrogens with zero attached hydrogens (tertiary/aromatic N) is 4. The summed E-state index contributed by atoms with van der Waals surface area (Å²) >= 11 is 0. The number of nitroso groups, excluding NO2 is 1. The Morgan fingerprint density at radius 1 is 0.340 bits per heavy atom. The van der Waals surface area contributed by atoms with Gasteiger partial charge in [0.15, 0.2) is 0 Å². The third-order valence-electron chi connectivity index (χ3n) is 6.37. The summed E-state index contributed by atoms with van der Waals surface area (Å²) in [6.07, 6.45) is 0. The molecule has 0 fully saturated rings. The molecule has 0 saturated heterocycles. The van der Waals surface area contributed by atoms with Crippen molar-refractivity contribution in [1.82, 2.24) is 0 Å². The van der Waals surface area contributed by atoms with Crippen molar-refractivity contribution < 1.29 is 20.1 Å². The molecule has 0 heterocycles. The second-order valence-corrected chi connectivity index (χ2v) is 14.6. The molecule has 250 valence electrons. The van der Waals surface area contributed by atoms with Crippen LogP contribution in [0, 0.1) is 38.9 Å². The van der Waals surface area contributed by atoms with Crippen LogP contribution in [-0.4, -0.2) is 0 Å². The summed E-state index contributed by atoms with van der Waals surface area (Å²) < 4.78 is 0. The predicted octanol–water partition coefficient (Wildman–Crippen LogP) is 8.26. The zero-order valence-corrected chi connectivity index (χ0v) is 32.7. The smallest absolute Gasteiger partial charge is 0.577 e. The minimum Gasteiger partial charge on any atom is -0.577 e. The molecule has 0 amide bonds. The first kappa shape index (κ1) is 44.9. The van der Waals surface area contributed by atoms with Crippen LogP contribution in [0.3, 0.4) is 0 Å². The van der Waals surface area contributed by atoms with Crippen LogP contribution in [-0.2, 0) is 20.1 Å². The molecule has 5 nitrogen and oxygen atoms in total. The van der Waals surface area contributed by atoms with Crippen molar-refractivity contribution >= 4 is 47.7 Å². The number of rotatable bonds is 6. The van der Waals surface area contributed by atoms with E-state index in [9.17, 15) is 0 Å². The van der Waals surface area contributed by atoms with E-state index in [4.69, 9.17) is 26.3 Å². The molecule has 0 spiro atoms. The molecule has 8 heteroatoms. The third-order valence-corrected chi connectivity index (χ3v) is 11.8. The van der Waals surface area contributed by atoms with Crippen LogP contribution in [0.4, 0.5) is 0 Å². The predicted molar refractivity (Wildman–Crippen MR) is 214 cm³/mol. The Morgan fingerprint density at radius 3 is 0.540 bits per heavy atom. The van der Waals surface area contributed by atoms with E-state index in [1.807, 2.05) is 0 Å². The molecule has 0 bridgehead atoms. The van der Waals surface area contributed by atoms with Crippen LogP contribution in [0.2, 0.25) is 0 Å². The van der Waals surface area contributed by atoms with Crippen LogP contribution in [0.5, 0.6) is 0 Å². The fraction of sp³-hybridized carbons (Fsp3) is 0.0714. The maximum absolute atomic E-state index is 7.32. The van der Waals surface area contributed by atoms with Crippen molar-refractivity contribution in [3.63, 3.8) is 0 Å². The molecular formula is C42H41IrN4OP2+4. The summed E-state index contributed by atoms with van der Waals surface area (Å²) in [7, 11) is -1.75. The van der Waals surface area contributed by atoms with Crippen molar-refractivity contribution in [2.24, 2.45) is 0 Å². The van der Waals surface area contributed by atoms with E-state index in [0.29, 0.717) is 0 Å². The first-order valence-corrected chi connectivity index (χ1v) is 18.3. The van der Waals surface area contributed by atoms with Gasteiger partial charge in [-0.3, -0.25) is 0 Å². The Hall–Kier alpha value is -5.10. The van der Waals surface area contributed by atoms with Gasteiger partial charge in [0, 0.05) is 20.8 Å². The molecule has 6 rings (SSSR count). The molecule has 0 saturated carbocycles. The van der Waals surface area contributed by atoms with Gasteiger partial charge >= 0.3 is 20.1 Å². The summed E-state index contributed by atoms with van der Waals surface area (Å²) in [6, 6.07) is 70.2. The van der Waals surface area contributed by atoms with Crippen LogP contribution >= 0.6 is 15.8 Å². The van der Waals surface area contributed by atoms with E-state index in [0.717, 1.165) is 0 Å². The first-order valence-electron chi connectivity index (χ1n) is 15.3. The third kappa shape index (κ3) is 16.8. The van der Waals surface area contributed by atoms with E-state index in [-0.39, 0.29) is 20.1 Å². The Morgan fingerprint density at radius 2 is 0.440 bits per heavy atom. The summed E-state index contributed by atoms with van der Waals surface area (Å²) in [5.74, 6) is 0. The molecule has 50 heavy (non-hydrogen) atoms. The zero-order valence-electron chi connectivity index (χ0n) is 28.4. The maximum atomic E-state index is 7.32. The Kier molecular flexibility index (Phi) is 26.9. The molecule has 6 aromatic rings. The van der Waals surface area contributed by atoms with Crippen LogP contribution < -0.4 is 31.8 Å². The van der Waals surface area contributed by atoms with Crippen molar-refractivity contribution in [1.29, 1.82) is 15.8 Å². The average Bonchev–Trinajstić information content (AvgIpc) is 3.17. The standard InChI is InChI=1S/2C18H15P.3C2H3N.Ir.NO/c2*1-4-10-16(11-5-1)19(17-12-6-2-7-13-17)18-14-8-3-9-15-18;3*1-2-3;;1-2/h2*1-15H;3*1H3;;/q;;;;;+3;-1/p+2. The van der Waals surface area contributed by atoms with E-state index < -0.39 is 15.8 Å². The van der Waals surface area contributed by atoms with Crippen LogP contribution in [0.25, 0.3) is 5.59 Å². The monoisotopic (exact) mass is 872 g/mol. The first-order chi connectivity index (χ1) is 24.1. The molecule has 0 aromatic heterocycles.